The number of anilines is 2. The smallest absolute Gasteiger partial charge is 0.282 e. The predicted molar refractivity (Wildman–Crippen MR) is 112 cm³/mol. The molecule has 2 heterocycles. The van der Waals surface area contributed by atoms with Gasteiger partial charge >= 0.3 is 0 Å². The SMILES string of the molecule is Cc1ccc(N2CC(c3nnc(NC(=O)c4ccccc4[N+](=O)[O-])s3)CC2=O)cc1. The lowest BCUT2D eigenvalue weighted by molar-refractivity contribution is -0.385. The minimum Gasteiger partial charge on any atom is -0.312 e. The second-order valence-electron chi connectivity index (χ2n) is 6.91. The molecule has 0 saturated carbocycles. The fourth-order valence-electron chi connectivity index (χ4n) is 3.29. The summed E-state index contributed by atoms with van der Waals surface area (Å²) in [6, 6.07) is 13.4. The summed E-state index contributed by atoms with van der Waals surface area (Å²) in [5.41, 5.74) is 1.61. The molecule has 10 heteroatoms. The zero-order chi connectivity index (χ0) is 21.3. The lowest BCUT2D eigenvalue weighted by atomic mass is 10.1. The number of aryl methyl sites for hydroxylation is 1. The first-order valence-electron chi connectivity index (χ1n) is 9.17. The number of benzene rings is 2. The van der Waals surface area contributed by atoms with Crippen LogP contribution < -0.4 is 10.2 Å². The summed E-state index contributed by atoms with van der Waals surface area (Å²) in [5.74, 6) is -0.758. The molecule has 1 atom stereocenters. The highest BCUT2D eigenvalue weighted by Crippen LogP contribution is 2.34. The van der Waals surface area contributed by atoms with Gasteiger partial charge in [0.2, 0.25) is 11.0 Å². The number of para-hydroxylation sites is 1. The van der Waals surface area contributed by atoms with E-state index in [1.807, 2.05) is 31.2 Å². The fourth-order valence-corrected chi connectivity index (χ4v) is 4.12. The maximum Gasteiger partial charge on any atom is 0.282 e. The van der Waals surface area contributed by atoms with Crippen LogP contribution in [0.3, 0.4) is 0 Å². The van der Waals surface area contributed by atoms with Gasteiger partial charge in [0, 0.05) is 30.6 Å². The third kappa shape index (κ3) is 3.90. The normalized spacial score (nSPS) is 16.0. The second kappa shape index (κ2) is 7.99. The fraction of sp³-hybridized carbons (Fsp3) is 0.200. The van der Waals surface area contributed by atoms with Crippen LogP contribution in [0.15, 0.2) is 48.5 Å². The number of hydrogen-bond donors (Lipinski definition) is 1. The van der Waals surface area contributed by atoms with Gasteiger partial charge in [-0.2, -0.15) is 0 Å². The Labute approximate surface area is 175 Å². The number of rotatable bonds is 5. The zero-order valence-electron chi connectivity index (χ0n) is 15.9. The number of carbonyl (C=O) groups excluding carboxylic acids is 2. The number of hydrogen-bond acceptors (Lipinski definition) is 7. The van der Waals surface area contributed by atoms with Crippen LogP contribution in [0.1, 0.15) is 33.3 Å². The molecule has 0 bridgehead atoms. The minimum atomic E-state index is -0.631. The molecule has 152 valence electrons. The van der Waals surface area contributed by atoms with Gasteiger partial charge in [-0.15, -0.1) is 10.2 Å². The highest BCUT2D eigenvalue weighted by molar-refractivity contribution is 7.15. The quantitative estimate of drug-likeness (QED) is 0.495. The van der Waals surface area contributed by atoms with Crippen LogP contribution in [0, 0.1) is 17.0 Å². The van der Waals surface area contributed by atoms with Gasteiger partial charge < -0.3 is 4.90 Å². The summed E-state index contributed by atoms with van der Waals surface area (Å²) in [4.78, 5) is 37.1. The highest BCUT2D eigenvalue weighted by atomic mass is 32.1. The first kappa shape index (κ1) is 19.6. The number of nitro benzene ring substituents is 1. The monoisotopic (exact) mass is 423 g/mol. The van der Waals surface area contributed by atoms with E-state index in [0.717, 1.165) is 11.3 Å². The van der Waals surface area contributed by atoms with Gasteiger partial charge in [0.25, 0.3) is 11.6 Å². The Balaban J connectivity index is 1.47. The number of nitro groups is 1. The second-order valence-corrected chi connectivity index (χ2v) is 7.92. The molecule has 9 nitrogen and oxygen atoms in total. The van der Waals surface area contributed by atoms with E-state index in [2.05, 4.69) is 15.5 Å². The van der Waals surface area contributed by atoms with Crippen molar-refractivity contribution in [2.24, 2.45) is 0 Å². The van der Waals surface area contributed by atoms with E-state index in [1.54, 1.807) is 11.0 Å². The average molecular weight is 423 g/mol. The van der Waals surface area contributed by atoms with Crippen molar-refractivity contribution in [2.45, 2.75) is 19.3 Å². The van der Waals surface area contributed by atoms with Crippen LogP contribution >= 0.6 is 11.3 Å². The van der Waals surface area contributed by atoms with Crippen molar-refractivity contribution in [3.8, 4) is 0 Å². The molecule has 1 N–H and O–H groups in total. The third-order valence-corrected chi connectivity index (χ3v) is 5.83. The van der Waals surface area contributed by atoms with Crippen molar-refractivity contribution in [3.63, 3.8) is 0 Å². The average Bonchev–Trinajstić information content (AvgIpc) is 3.35. The van der Waals surface area contributed by atoms with E-state index in [-0.39, 0.29) is 28.2 Å². The molecule has 3 aromatic rings. The summed E-state index contributed by atoms with van der Waals surface area (Å²) in [7, 11) is 0. The molecule has 1 aromatic heterocycles. The number of amides is 2. The van der Waals surface area contributed by atoms with Gasteiger partial charge in [-0.1, -0.05) is 41.2 Å². The molecule has 2 aromatic carbocycles. The third-order valence-electron chi connectivity index (χ3n) is 4.83. The summed E-state index contributed by atoms with van der Waals surface area (Å²) in [5, 5.41) is 22.6. The van der Waals surface area contributed by atoms with Crippen LogP contribution in [0.4, 0.5) is 16.5 Å². The van der Waals surface area contributed by atoms with Crippen LogP contribution in [0.5, 0.6) is 0 Å². The van der Waals surface area contributed by atoms with Gasteiger partial charge in [0.1, 0.15) is 10.6 Å². The van der Waals surface area contributed by atoms with Crippen molar-refractivity contribution in [2.75, 3.05) is 16.8 Å². The van der Waals surface area contributed by atoms with Crippen LogP contribution in [-0.2, 0) is 4.79 Å². The first-order valence-corrected chi connectivity index (χ1v) is 9.99. The summed E-state index contributed by atoms with van der Waals surface area (Å²) in [6.07, 6.45) is 0.306. The van der Waals surface area contributed by atoms with Gasteiger partial charge in [-0.05, 0) is 25.1 Å². The zero-order valence-corrected chi connectivity index (χ0v) is 16.8. The molecular formula is C20H17N5O4S. The van der Waals surface area contributed by atoms with Crippen molar-refractivity contribution in [1.82, 2.24) is 10.2 Å². The van der Waals surface area contributed by atoms with Gasteiger partial charge in [-0.3, -0.25) is 25.0 Å². The van der Waals surface area contributed by atoms with Crippen LogP contribution in [0.2, 0.25) is 0 Å². The van der Waals surface area contributed by atoms with Crippen molar-refractivity contribution >= 4 is 39.7 Å². The first-order chi connectivity index (χ1) is 14.4. The van der Waals surface area contributed by atoms with Gasteiger partial charge in [0.15, 0.2) is 0 Å². The molecule has 4 rings (SSSR count). The Morgan fingerprint density at radius 2 is 1.93 bits per heavy atom. The Morgan fingerprint density at radius 3 is 2.67 bits per heavy atom. The van der Waals surface area contributed by atoms with E-state index in [9.17, 15) is 19.7 Å². The van der Waals surface area contributed by atoms with Crippen LogP contribution in [-0.4, -0.2) is 33.5 Å². The Morgan fingerprint density at radius 1 is 1.20 bits per heavy atom. The van der Waals surface area contributed by atoms with E-state index < -0.39 is 10.8 Å². The van der Waals surface area contributed by atoms with Crippen LogP contribution in [0.25, 0.3) is 0 Å². The molecule has 2 amide bonds. The summed E-state index contributed by atoms with van der Waals surface area (Å²) < 4.78 is 0. The Hall–Kier alpha value is -3.66. The molecule has 1 unspecified atom stereocenters. The summed E-state index contributed by atoms with van der Waals surface area (Å²) in [6.45, 7) is 2.47. The minimum absolute atomic E-state index is 0.00421. The van der Waals surface area contributed by atoms with Crippen molar-refractivity contribution in [3.05, 3.63) is 74.8 Å². The molecule has 0 spiro atoms. The maximum absolute atomic E-state index is 12.5. The van der Waals surface area contributed by atoms with Gasteiger partial charge in [0.05, 0.1) is 4.92 Å². The van der Waals surface area contributed by atoms with Crippen molar-refractivity contribution < 1.29 is 14.5 Å². The van der Waals surface area contributed by atoms with E-state index in [4.69, 9.17) is 0 Å². The van der Waals surface area contributed by atoms with E-state index in [0.29, 0.717) is 18.0 Å². The molecule has 1 saturated heterocycles. The van der Waals surface area contributed by atoms with Gasteiger partial charge in [-0.25, -0.2) is 0 Å². The highest BCUT2D eigenvalue weighted by Gasteiger charge is 2.34. The number of nitrogens with one attached hydrogen (secondary N) is 1. The summed E-state index contributed by atoms with van der Waals surface area (Å²) >= 11 is 1.17. The molecule has 1 fully saturated rings. The largest absolute Gasteiger partial charge is 0.312 e. The molecule has 1 aliphatic heterocycles. The van der Waals surface area contributed by atoms with E-state index >= 15 is 0 Å². The molecular weight excluding hydrogens is 406 g/mol. The predicted octanol–water partition coefficient (Wildman–Crippen LogP) is 3.53. The number of aromatic nitrogens is 2. The molecule has 30 heavy (non-hydrogen) atoms. The topological polar surface area (TPSA) is 118 Å². The maximum atomic E-state index is 12.5. The van der Waals surface area contributed by atoms with Crippen molar-refractivity contribution in [1.29, 1.82) is 0 Å². The lowest BCUT2D eigenvalue weighted by Crippen LogP contribution is -2.24. The standard InChI is InChI=1S/C20H17N5O4S/c1-12-6-8-14(9-7-12)24-11-13(10-17(24)26)19-22-23-20(30-19)21-18(27)15-4-2-3-5-16(15)25(28)29/h2-9,13H,10-11H2,1H3,(H,21,23,27). The molecule has 0 radical (unpaired) electrons. The molecule has 0 aliphatic carbocycles. The number of carbonyl (C=O) groups is 2. The Kier molecular flexibility index (Phi) is 5.23. The Bertz CT molecular complexity index is 1130. The molecule has 1 aliphatic rings. The number of nitrogens with zero attached hydrogens (tertiary/aromatic N) is 4. The van der Waals surface area contributed by atoms with E-state index in [1.165, 1.54) is 29.5 Å². The lowest BCUT2D eigenvalue weighted by Gasteiger charge is -2.16.